The molecule has 0 saturated heterocycles. The first kappa shape index (κ1) is 13.0. The molecule has 1 rings (SSSR count). The highest BCUT2D eigenvalue weighted by atomic mass is 16.6. The van der Waals surface area contributed by atoms with Crippen LogP contribution in [0.25, 0.3) is 0 Å². The van der Waals surface area contributed by atoms with E-state index in [9.17, 15) is 4.79 Å². The van der Waals surface area contributed by atoms with Gasteiger partial charge >= 0.3 is 6.09 Å². The van der Waals surface area contributed by atoms with E-state index in [1.54, 1.807) is 0 Å². The molecule has 0 aliphatic carbocycles. The normalized spacial score (nSPS) is 25.2. The lowest BCUT2D eigenvalue weighted by atomic mass is 10.1. The first-order valence-corrected chi connectivity index (χ1v) is 5.70. The van der Waals surface area contributed by atoms with E-state index in [1.165, 1.54) is 0 Å². The Bertz CT molecular complexity index is 268. The SMILES string of the molecule is CC[C@@H]1C=C[C@@H](NC(=O)OC(C)(C)C)CO1. The minimum absolute atomic E-state index is 0.0855. The van der Waals surface area contributed by atoms with Crippen LogP contribution in [-0.2, 0) is 9.47 Å². The van der Waals surface area contributed by atoms with Gasteiger partial charge in [0.2, 0.25) is 0 Å². The van der Waals surface area contributed by atoms with Crippen LogP contribution in [0.3, 0.4) is 0 Å². The zero-order chi connectivity index (χ0) is 12.2. The first-order chi connectivity index (χ1) is 7.40. The number of carbonyl (C=O) groups is 1. The van der Waals surface area contributed by atoms with E-state index >= 15 is 0 Å². The molecule has 1 aliphatic heterocycles. The second-order valence-electron chi connectivity index (χ2n) is 4.92. The standard InChI is InChI=1S/C12H21NO3/c1-5-10-7-6-9(8-15-10)13-11(14)16-12(2,3)4/h6-7,9-10H,5,8H2,1-4H3,(H,13,14)/t9-,10-/m1/s1. The van der Waals surface area contributed by atoms with Crippen LogP contribution in [0, 0.1) is 0 Å². The van der Waals surface area contributed by atoms with Crippen molar-refractivity contribution in [1.29, 1.82) is 0 Å². The molecule has 0 saturated carbocycles. The fourth-order valence-electron chi connectivity index (χ4n) is 1.40. The number of rotatable bonds is 2. The molecule has 1 N–H and O–H groups in total. The molecule has 1 heterocycles. The zero-order valence-corrected chi connectivity index (χ0v) is 10.4. The van der Waals surface area contributed by atoms with E-state index < -0.39 is 11.7 Å². The summed E-state index contributed by atoms with van der Waals surface area (Å²) >= 11 is 0. The summed E-state index contributed by atoms with van der Waals surface area (Å²) in [7, 11) is 0. The second kappa shape index (κ2) is 5.34. The van der Waals surface area contributed by atoms with E-state index in [0.29, 0.717) is 6.61 Å². The van der Waals surface area contributed by atoms with Gasteiger partial charge in [-0.15, -0.1) is 0 Å². The molecular formula is C12H21NO3. The van der Waals surface area contributed by atoms with Crippen molar-refractivity contribution in [3.05, 3.63) is 12.2 Å². The summed E-state index contributed by atoms with van der Waals surface area (Å²) in [4.78, 5) is 11.5. The molecule has 4 heteroatoms. The van der Waals surface area contributed by atoms with Gasteiger partial charge in [0.25, 0.3) is 0 Å². The van der Waals surface area contributed by atoms with Gasteiger partial charge in [0.1, 0.15) is 5.60 Å². The largest absolute Gasteiger partial charge is 0.444 e. The summed E-state index contributed by atoms with van der Waals surface area (Å²) in [5.41, 5.74) is -0.463. The molecule has 4 nitrogen and oxygen atoms in total. The monoisotopic (exact) mass is 227 g/mol. The van der Waals surface area contributed by atoms with E-state index in [1.807, 2.05) is 32.9 Å². The first-order valence-electron chi connectivity index (χ1n) is 5.70. The predicted molar refractivity (Wildman–Crippen MR) is 62.3 cm³/mol. The molecule has 0 aromatic rings. The highest BCUT2D eigenvalue weighted by molar-refractivity contribution is 5.68. The summed E-state index contributed by atoms with van der Waals surface area (Å²) in [6.07, 6.45) is 4.67. The van der Waals surface area contributed by atoms with Crippen LogP contribution in [0.2, 0.25) is 0 Å². The Labute approximate surface area is 97.0 Å². The summed E-state index contributed by atoms with van der Waals surface area (Å²) in [6, 6.07) is -0.0855. The van der Waals surface area contributed by atoms with E-state index in [0.717, 1.165) is 6.42 Å². The van der Waals surface area contributed by atoms with Gasteiger partial charge in [-0.25, -0.2) is 4.79 Å². The van der Waals surface area contributed by atoms with Crippen molar-refractivity contribution in [3.8, 4) is 0 Å². The molecule has 1 amide bonds. The molecule has 0 radical (unpaired) electrons. The number of hydrogen-bond acceptors (Lipinski definition) is 3. The molecular weight excluding hydrogens is 206 g/mol. The average molecular weight is 227 g/mol. The average Bonchev–Trinajstić information content (AvgIpc) is 2.16. The predicted octanol–water partition coefficient (Wildman–Crippen LogP) is 2.24. The lowest BCUT2D eigenvalue weighted by Crippen LogP contribution is -2.42. The van der Waals surface area contributed by atoms with Crippen molar-refractivity contribution < 1.29 is 14.3 Å². The van der Waals surface area contributed by atoms with Crippen LogP contribution >= 0.6 is 0 Å². The van der Waals surface area contributed by atoms with Crippen molar-refractivity contribution in [2.24, 2.45) is 0 Å². The van der Waals surface area contributed by atoms with Crippen molar-refractivity contribution in [1.82, 2.24) is 5.32 Å². The molecule has 0 bridgehead atoms. The second-order valence-corrected chi connectivity index (χ2v) is 4.92. The number of carbonyl (C=O) groups excluding carboxylic acids is 1. The van der Waals surface area contributed by atoms with Gasteiger partial charge in [0, 0.05) is 0 Å². The third-order valence-electron chi connectivity index (χ3n) is 2.15. The van der Waals surface area contributed by atoms with Gasteiger partial charge in [0.05, 0.1) is 18.8 Å². The number of nitrogens with one attached hydrogen (secondary N) is 1. The number of amides is 1. The van der Waals surface area contributed by atoms with E-state index in [4.69, 9.17) is 9.47 Å². The van der Waals surface area contributed by atoms with Gasteiger partial charge in [-0.3, -0.25) is 0 Å². The van der Waals surface area contributed by atoms with Gasteiger partial charge in [0.15, 0.2) is 0 Å². The Morgan fingerprint density at radius 2 is 2.19 bits per heavy atom. The fraction of sp³-hybridized carbons (Fsp3) is 0.750. The minimum Gasteiger partial charge on any atom is -0.444 e. The molecule has 0 spiro atoms. The highest BCUT2D eigenvalue weighted by Gasteiger charge is 2.20. The number of hydrogen-bond donors (Lipinski definition) is 1. The molecule has 16 heavy (non-hydrogen) atoms. The topological polar surface area (TPSA) is 47.6 Å². The smallest absolute Gasteiger partial charge is 0.408 e. The van der Waals surface area contributed by atoms with E-state index in [-0.39, 0.29) is 12.1 Å². The van der Waals surface area contributed by atoms with Crippen molar-refractivity contribution in [3.63, 3.8) is 0 Å². The Morgan fingerprint density at radius 3 is 2.62 bits per heavy atom. The lowest BCUT2D eigenvalue weighted by Gasteiger charge is -2.25. The molecule has 0 aromatic heterocycles. The summed E-state index contributed by atoms with van der Waals surface area (Å²) in [5, 5.41) is 2.75. The molecule has 92 valence electrons. The molecule has 0 unspecified atom stereocenters. The Kier molecular flexibility index (Phi) is 4.35. The maximum absolute atomic E-state index is 11.5. The Morgan fingerprint density at radius 1 is 1.50 bits per heavy atom. The van der Waals surface area contributed by atoms with Crippen LogP contribution in [-0.4, -0.2) is 30.4 Å². The van der Waals surface area contributed by atoms with Crippen molar-refractivity contribution in [2.75, 3.05) is 6.61 Å². The minimum atomic E-state index is -0.463. The summed E-state index contributed by atoms with van der Waals surface area (Å²) < 4.78 is 10.7. The van der Waals surface area contributed by atoms with Gasteiger partial charge in [-0.2, -0.15) is 0 Å². The van der Waals surface area contributed by atoms with Crippen LogP contribution in [0.4, 0.5) is 4.79 Å². The summed E-state index contributed by atoms with van der Waals surface area (Å²) in [6.45, 7) is 8.09. The molecule has 2 atom stereocenters. The Balaban J connectivity index is 2.36. The van der Waals surface area contributed by atoms with Crippen LogP contribution in [0.5, 0.6) is 0 Å². The van der Waals surface area contributed by atoms with E-state index in [2.05, 4.69) is 12.2 Å². The van der Waals surface area contributed by atoms with Crippen LogP contribution < -0.4 is 5.32 Å². The van der Waals surface area contributed by atoms with Crippen LogP contribution in [0.15, 0.2) is 12.2 Å². The number of alkyl carbamates (subject to hydrolysis) is 1. The fourth-order valence-corrected chi connectivity index (χ4v) is 1.40. The highest BCUT2D eigenvalue weighted by Crippen LogP contribution is 2.10. The maximum atomic E-state index is 11.5. The zero-order valence-electron chi connectivity index (χ0n) is 10.4. The molecule has 1 aliphatic rings. The Hall–Kier alpha value is -1.03. The van der Waals surface area contributed by atoms with Gasteiger partial charge in [-0.05, 0) is 27.2 Å². The maximum Gasteiger partial charge on any atom is 0.408 e. The molecule has 0 fully saturated rings. The quantitative estimate of drug-likeness (QED) is 0.736. The van der Waals surface area contributed by atoms with Crippen molar-refractivity contribution >= 4 is 6.09 Å². The third kappa shape index (κ3) is 4.66. The van der Waals surface area contributed by atoms with Crippen LogP contribution in [0.1, 0.15) is 34.1 Å². The van der Waals surface area contributed by atoms with Gasteiger partial charge < -0.3 is 14.8 Å². The number of ether oxygens (including phenoxy) is 2. The molecule has 0 aromatic carbocycles. The van der Waals surface area contributed by atoms with Gasteiger partial charge in [-0.1, -0.05) is 19.1 Å². The summed E-state index contributed by atoms with van der Waals surface area (Å²) in [5.74, 6) is 0. The third-order valence-corrected chi connectivity index (χ3v) is 2.15. The van der Waals surface area contributed by atoms with Crippen molar-refractivity contribution in [2.45, 2.75) is 51.9 Å². The lowest BCUT2D eigenvalue weighted by molar-refractivity contribution is 0.0372.